The fraction of sp³-hybridized carbons (Fsp3) is 0.462. The number of rotatable bonds is 2. The molecule has 1 aromatic carbocycles. The van der Waals surface area contributed by atoms with Gasteiger partial charge in [0.1, 0.15) is 6.61 Å². The van der Waals surface area contributed by atoms with Crippen molar-refractivity contribution in [3.05, 3.63) is 35.4 Å². The zero-order valence-electron chi connectivity index (χ0n) is 9.58. The Morgan fingerprint density at radius 1 is 1.40 bits per heavy atom. The van der Waals surface area contributed by atoms with E-state index in [1.807, 2.05) is 0 Å². The van der Waals surface area contributed by atoms with Gasteiger partial charge in [-0.3, -0.25) is 0 Å². The van der Waals surface area contributed by atoms with Crippen molar-refractivity contribution in [2.75, 3.05) is 6.61 Å². The van der Waals surface area contributed by atoms with E-state index in [9.17, 15) is 0 Å². The van der Waals surface area contributed by atoms with Crippen molar-refractivity contribution in [3.63, 3.8) is 0 Å². The molecule has 0 radical (unpaired) electrons. The second-order valence-electron chi connectivity index (χ2n) is 4.57. The average molecular weight is 203 g/mol. The highest BCUT2D eigenvalue weighted by Gasteiger charge is 2.26. The summed E-state index contributed by atoms with van der Waals surface area (Å²) in [5.74, 6) is 0.787. The summed E-state index contributed by atoms with van der Waals surface area (Å²) in [6.45, 7) is 7.01. The van der Waals surface area contributed by atoms with Crippen LogP contribution < -0.4 is 0 Å². The molecule has 0 spiro atoms. The van der Waals surface area contributed by atoms with Gasteiger partial charge in [0.15, 0.2) is 0 Å². The predicted molar refractivity (Wildman–Crippen MR) is 62.4 cm³/mol. The van der Waals surface area contributed by atoms with Crippen LogP contribution in [0.25, 0.3) is 0 Å². The fourth-order valence-corrected chi connectivity index (χ4v) is 1.66. The van der Waals surface area contributed by atoms with E-state index in [1.165, 1.54) is 5.56 Å². The minimum absolute atomic E-state index is 0.0719. The van der Waals surface area contributed by atoms with Crippen molar-refractivity contribution in [2.24, 2.45) is 4.99 Å². The molecule has 0 fully saturated rings. The highest BCUT2D eigenvalue weighted by atomic mass is 16.5. The topological polar surface area (TPSA) is 21.6 Å². The Bertz CT molecular complexity index is 393. The second-order valence-corrected chi connectivity index (χ2v) is 4.57. The van der Waals surface area contributed by atoms with Crippen LogP contribution in [-0.2, 0) is 11.2 Å². The van der Waals surface area contributed by atoms with Gasteiger partial charge in [0.2, 0.25) is 5.90 Å². The van der Waals surface area contributed by atoms with Gasteiger partial charge in [-0.15, -0.1) is 0 Å². The predicted octanol–water partition coefficient (Wildman–Crippen LogP) is 2.80. The van der Waals surface area contributed by atoms with Crippen LogP contribution in [0.1, 0.15) is 31.9 Å². The van der Waals surface area contributed by atoms with E-state index < -0.39 is 0 Å². The van der Waals surface area contributed by atoms with Crippen LogP contribution in [0, 0.1) is 0 Å². The van der Waals surface area contributed by atoms with Crippen LogP contribution in [0.2, 0.25) is 0 Å². The van der Waals surface area contributed by atoms with Gasteiger partial charge >= 0.3 is 0 Å². The smallest absolute Gasteiger partial charge is 0.216 e. The first-order chi connectivity index (χ1) is 7.11. The molecule has 2 rings (SSSR count). The van der Waals surface area contributed by atoms with Gasteiger partial charge in [-0.25, -0.2) is 4.99 Å². The standard InChI is InChI=1S/C13H17NO/c1-4-10-6-5-7-11(8-10)12-14-13(2,3)9-15-12/h5-8H,4,9H2,1-3H3. The molecular weight excluding hydrogens is 186 g/mol. The molecule has 0 saturated carbocycles. The van der Waals surface area contributed by atoms with Gasteiger partial charge < -0.3 is 4.74 Å². The monoisotopic (exact) mass is 203 g/mol. The minimum Gasteiger partial charge on any atom is -0.475 e. The maximum absolute atomic E-state index is 5.60. The van der Waals surface area contributed by atoms with E-state index in [0.29, 0.717) is 6.61 Å². The Kier molecular flexibility index (Phi) is 2.51. The van der Waals surface area contributed by atoms with E-state index in [-0.39, 0.29) is 5.54 Å². The van der Waals surface area contributed by atoms with Crippen molar-refractivity contribution in [1.82, 2.24) is 0 Å². The molecule has 1 heterocycles. The normalized spacial score (nSPS) is 18.5. The lowest BCUT2D eigenvalue weighted by molar-refractivity contribution is 0.279. The third kappa shape index (κ3) is 2.20. The van der Waals surface area contributed by atoms with E-state index in [1.54, 1.807) is 0 Å². The van der Waals surface area contributed by atoms with Gasteiger partial charge in [0.05, 0.1) is 5.54 Å². The quantitative estimate of drug-likeness (QED) is 0.724. The molecule has 2 heteroatoms. The van der Waals surface area contributed by atoms with Gasteiger partial charge in [-0.05, 0) is 38.0 Å². The molecule has 1 aromatic rings. The molecule has 0 aliphatic carbocycles. The second kappa shape index (κ2) is 3.69. The Balaban J connectivity index is 2.31. The Morgan fingerprint density at radius 3 is 2.80 bits per heavy atom. The number of nitrogens with zero attached hydrogens (tertiary/aromatic N) is 1. The van der Waals surface area contributed by atoms with E-state index in [4.69, 9.17) is 4.74 Å². The lowest BCUT2D eigenvalue weighted by atomic mass is 10.1. The SMILES string of the molecule is CCc1cccc(C2=NC(C)(C)CO2)c1. The molecule has 2 nitrogen and oxygen atoms in total. The number of ether oxygens (including phenoxy) is 1. The summed E-state index contributed by atoms with van der Waals surface area (Å²) in [7, 11) is 0. The third-order valence-corrected chi connectivity index (χ3v) is 2.55. The molecule has 0 aromatic heterocycles. The molecule has 0 bridgehead atoms. The number of hydrogen-bond donors (Lipinski definition) is 0. The molecule has 0 N–H and O–H groups in total. The fourth-order valence-electron chi connectivity index (χ4n) is 1.66. The summed E-state index contributed by atoms with van der Waals surface area (Å²) >= 11 is 0. The first-order valence-electron chi connectivity index (χ1n) is 5.43. The number of aliphatic imine (C=N–C) groups is 1. The minimum atomic E-state index is -0.0719. The van der Waals surface area contributed by atoms with Crippen molar-refractivity contribution in [1.29, 1.82) is 0 Å². The van der Waals surface area contributed by atoms with Crippen LogP contribution in [0.15, 0.2) is 29.3 Å². The first kappa shape index (κ1) is 10.2. The van der Waals surface area contributed by atoms with E-state index in [2.05, 4.69) is 50.0 Å². The molecule has 80 valence electrons. The van der Waals surface area contributed by atoms with Gasteiger partial charge in [0.25, 0.3) is 0 Å². The highest BCUT2D eigenvalue weighted by molar-refractivity contribution is 5.95. The summed E-state index contributed by atoms with van der Waals surface area (Å²) in [4.78, 5) is 4.56. The van der Waals surface area contributed by atoms with Crippen molar-refractivity contribution in [2.45, 2.75) is 32.7 Å². The average Bonchev–Trinajstić information content (AvgIpc) is 2.59. The van der Waals surface area contributed by atoms with E-state index in [0.717, 1.165) is 17.9 Å². The van der Waals surface area contributed by atoms with Crippen LogP contribution in [0.3, 0.4) is 0 Å². The molecule has 1 aliphatic rings. The van der Waals surface area contributed by atoms with Crippen molar-refractivity contribution < 1.29 is 4.74 Å². The van der Waals surface area contributed by atoms with Gasteiger partial charge in [0, 0.05) is 5.56 Å². The Labute approximate surface area is 91.0 Å². The molecule has 1 aliphatic heterocycles. The van der Waals surface area contributed by atoms with Crippen molar-refractivity contribution in [3.8, 4) is 0 Å². The molecule has 0 saturated heterocycles. The van der Waals surface area contributed by atoms with Crippen LogP contribution >= 0.6 is 0 Å². The highest BCUT2D eigenvalue weighted by Crippen LogP contribution is 2.21. The zero-order valence-corrected chi connectivity index (χ0v) is 9.58. The number of hydrogen-bond acceptors (Lipinski definition) is 2. The number of aryl methyl sites for hydroxylation is 1. The maximum Gasteiger partial charge on any atom is 0.216 e. The first-order valence-corrected chi connectivity index (χ1v) is 5.43. The molecule has 0 unspecified atom stereocenters. The summed E-state index contributed by atoms with van der Waals surface area (Å²) in [6.07, 6.45) is 1.05. The molecule has 0 atom stereocenters. The van der Waals surface area contributed by atoms with Crippen LogP contribution in [-0.4, -0.2) is 18.0 Å². The molecule has 15 heavy (non-hydrogen) atoms. The van der Waals surface area contributed by atoms with Crippen molar-refractivity contribution >= 4 is 5.90 Å². The molecule has 0 amide bonds. The summed E-state index contributed by atoms with van der Waals surface area (Å²) in [5, 5.41) is 0. The van der Waals surface area contributed by atoms with Gasteiger partial charge in [-0.2, -0.15) is 0 Å². The maximum atomic E-state index is 5.60. The summed E-state index contributed by atoms with van der Waals surface area (Å²) < 4.78 is 5.60. The van der Waals surface area contributed by atoms with E-state index >= 15 is 0 Å². The Hall–Kier alpha value is -1.31. The number of benzene rings is 1. The summed E-state index contributed by atoms with van der Waals surface area (Å²) in [5.41, 5.74) is 2.35. The lowest BCUT2D eigenvalue weighted by Gasteiger charge is -2.07. The molecular formula is C13H17NO. The Morgan fingerprint density at radius 2 is 2.20 bits per heavy atom. The zero-order chi connectivity index (χ0) is 10.9. The van der Waals surface area contributed by atoms with Crippen LogP contribution in [0.4, 0.5) is 0 Å². The third-order valence-electron chi connectivity index (χ3n) is 2.55. The largest absolute Gasteiger partial charge is 0.475 e. The van der Waals surface area contributed by atoms with Gasteiger partial charge in [-0.1, -0.05) is 19.1 Å². The van der Waals surface area contributed by atoms with Crippen LogP contribution in [0.5, 0.6) is 0 Å². The summed E-state index contributed by atoms with van der Waals surface area (Å²) in [6, 6.07) is 8.40. The lowest BCUT2D eigenvalue weighted by Crippen LogP contribution is -2.17.